The highest BCUT2D eigenvalue weighted by Gasteiger charge is 2.51. The standard InChI is InChI=1S/C29H29N3O5S2.C14H14O.C2H6/c1-18-19(17-39-29-27(28(35)32(18)29)31-26(34)16-23-9-5-13-38-23)6-4-12-36-21-10-11-24(30-2)25(15-21)37-22-8-3-7-20(33)14-22;1-15-14(12-8-4-2-5-9-12)13-10-6-3-7-11-13;1-2/h3-7,9-11,13-15,27,29-30H,8,12,16-17H2,1-2H3,(H,31,34);2-11,14H,1H3;1-2H3/b6-4-;;. The maximum Gasteiger partial charge on any atom is 0.253 e. The smallest absolute Gasteiger partial charge is 0.253 e. The van der Waals surface area contributed by atoms with Gasteiger partial charge in [0.2, 0.25) is 5.91 Å². The molecule has 292 valence electrons. The number of carbonyl (C=O) groups is 3. The summed E-state index contributed by atoms with van der Waals surface area (Å²) in [7, 11) is 3.55. The molecule has 0 saturated carbocycles. The Balaban J connectivity index is 0.000000294. The van der Waals surface area contributed by atoms with Crippen molar-refractivity contribution < 1.29 is 28.6 Å². The highest BCUT2D eigenvalue weighted by atomic mass is 32.2. The summed E-state index contributed by atoms with van der Waals surface area (Å²) in [5.74, 6) is 2.24. The summed E-state index contributed by atoms with van der Waals surface area (Å²) in [5, 5.41) is 7.86. The average Bonchev–Trinajstić information content (AvgIpc) is 3.74. The summed E-state index contributed by atoms with van der Waals surface area (Å²) in [6, 6.07) is 29.4. The third-order valence-corrected chi connectivity index (χ3v) is 11.2. The van der Waals surface area contributed by atoms with E-state index in [9.17, 15) is 14.4 Å². The molecule has 1 fully saturated rings. The van der Waals surface area contributed by atoms with Gasteiger partial charge in [0.25, 0.3) is 5.91 Å². The number of hydrogen-bond acceptors (Lipinski definition) is 9. The van der Waals surface area contributed by atoms with Crippen LogP contribution in [0.5, 0.6) is 11.5 Å². The Morgan fingerprint density at radius 2 is 1.70 bits per heavy atom. The molecule has 1 aromatic heterocycles. The molecule has 7 rings (SSSR count). The number of amides is 2. The van der Waals surface area contributed by atoms with Gasteiger partial charge in [0, 0.05) is 49.0 Å². The lowest BCUT2D eigenvalue weighted by atomic mass is 10.0. The lowest BCUT2D eigenvalue weighted by Crippen LogP contribution is -2.69. The van der Waals surface area contributed by atoms with E-state index >= 15 is 0 Å². The molecule has 1 aliphatic carbocycles. The fraction of sp³-hybridized carbons (Fsp3) is 0.267. The minimum atomic E-state index is -0.484. The van der Waals surface area contributed by atoms with E-state index in [-0.39, 0.29) is 29.1 Å². The summed E-state index contributed by atoms with van der Waals surface area (Å²) in [6.07, 6.45) is 9.58. The van der Waals surface area contributed by atoms with Crippen LogP contribution in [-0.2, 0) is 25.5 Å². The van der Waals surface area contributed by atoms with E-state index < -0.39 is 6.04 Å². The van der Waals surface area contributed by atoms with E-state index in [2.05, 4.69) is 34.9 Å². The van der Waals surface area contributed by atoms with Crippen molar-refractivity contribution in [1.82, 2.24) is 10.2 Å². The molecule has 4 aromatic rings. The van der Waals surface area contributed by atoms with Crippen molar-refractivity contribution in [2.75, 3.05) is 31.8 Å². The third kappa shape index (κ3) is 10.9. The lowest BCUT2D eigenvalue weighted by molar-refractivity contribution is -0.145. The van der Waals surface area contributed by atoms with Gasteiger partial charge < -0.3 is 24.8 Å². The van der Waals surface area contributed by atoms with Gasteiger partial charge in [0.1, 0.15) is 35.6 Å². The number of methoxy groups -OCH3 is 1. The first-order chi connectivity index (χ1) is 27.3. The molecule has 11 heteroatoms. The highest BCUT2D eigenvalue weighted by Crippen LogP contribution is 2.40. The second kappa shape index (κ2) is 21.1. The number of fused-ring (bicyclic) bond motifs is 1. The minimum absolute atomic E-state index is 0.0346. The van der Waals surface area contributed by atoms with Crippen molar-refractivity contribution >= 4 is 46.4 Å². The zero-order valence-corrected chi connectivity index (χ0v) is 34.0. The molecule has 3 heterocycles. The predicted octanol–water partition coefficient (Wildman–Crippen LogP) is 8.88. The summed E-state index contributed by atoms with van der Waals surface area (Å²) in [5.41, 5.74) is 5.11. The van der Waals surface area contributed by atoms with Gasteiger partial charge in [-0.1, -0.05) is 92.7 Å². The van der Waals surface area contributed by atoms with Crippen LogP contribution in [0.15, 0.2) is 144 Å². The van der Waals surface area contributed by atoms with Crippen LogP contribution in [0, 0.1) is 0 Å². The number of nitrogens with one attached hydrogen (secondary N) is 2. The predicted molar refractivity (Wildman–Crippen MR) is 227 cm³/mol. The number of ether oxygens (including phenoxy) is 3. The lowest BCUT2D eigenvalue weighted by Gasteiger charge is -2.50. The molecule has 1 saturated heterocycles. The number of anilines is 1. The van der Waals surface area contributed by atoms with Gasteiger partial charge in [0.05, 0.1) is 12.1 Å². The van der Waals surface area contributed by atoms with Gasteiger partial charge in [-0.05, 0) is 59.4 Å². The summed E-state index contributed by atoms with van der Waals surface area (Å²) >= 11 is 3.18. The molecule has 3 aliphatic rings. The van der Waals surface area contributed by atoms with Crippen molar-refractivity contribution in [2.45, 2.75) is 51.1 Å². The number of hydrogen-bond donors (Lipinski definition) is 2. The van der Waals surface area contributed by atoms with Gasteiger partial charge in [0.15, 0.2) is 11.5 Å². The van der Waals surface area contributed by atoms with Crippen LogP contribution < -0.4 is 20.1 Å². The second-order valence-corrected chi connectivity index (χ2v) is 14.7. The quantitative estimate of drug-likeness (QED) is 0.130. The first kappa shape index (κ1) is 41.8. The third-order valence-electron chi connectivity index (χ3n) is 8.98. The largest absolute Gasteiger partial charge is 0.489 e. The molecule has 56 heavy (non-hydrogen) atoms. The minimum Gasteiger partial charge on any atom is -0.489 e. The number of ketones is 1. The molecule has 9 nitrogen and oxygen atoms in total. The fourth-order valence-electron chi connectivity index (χ4n) is 6.23. The molecule has 2 amide bonds. The van der Waals surface area contributed by atoms with Crippen LogP contribution in [0.1, 0.15) is 49.3 Å². The number of nitrogens with zero attached hydrogens (tertiary/aromatic N) is 1. The van der Waals surface area contributed by atoms with E-state index in [1.165, 1.54) is 34.6 Å². The van der Waals surface area contributed by atoms with Gasteiger partial charge in [-0.2, -0.15) is 0 Å². The molecular weight excluding hydrogens is 743 g/mol. The van der Waals surface area contributed by atoms with Crippen molar-refractivity contribution in [3.63, 3.8) is 0 Å². The van der Waals surface area contributed by atoms with Crippen LogP contribution in [-0.4, -0.2) is 60.4 Å². The monoisotopic (exact) mass is 791 g/mol. The molecule has 3 aromatic carbocycles. The van der Waals surface area contributed by atoms with E-state index in [4.69, 9.17) is 14.2 Å². The molecule has 2 N–H and O–H groups in total. The zero-order chi connectivity index (χ0) is 39.9. The Labute approximate surface area is 338 Å². The fourth-order valence-corrected chi connectivity index (χ4v) is 8.38. The first-order valence-corrected chi connectivity index (χ1v) is 20.6. The van der Waals surface area contributed by atoms with Crippen molar-refractivity contribution in [1.29, 1.82) is 0 Å². The Bertz CT molecular complexity index is 2000. The number of thioether (sulfide) groups is 1. The number of carbonyl (C=O) groups excluding carboxylic acids is 3. The zero-order valence-electron chi connectivity index (χ0n) is 32.4. The molecule has 2 atom stereocenters. The molecule has 0 radical (unpaired) electrons. The van der Waals surface area contributed by atoms with Crippen LogP contribution in [0.3, 0.4) is 0 Å². The SMILES string of the molecule is CC.CNc1ccc(OC/C=C\C2=C(C)N3C(=O)C(NC(=O)Cc4cccs4)C3SC2)cc1OC1=CC(=O)C=CC1.COC(c1ccccc1)c1ccccc1. The Kier molecular flexibility index (Phi) is 15.7. The van der Waals surface area contributed by atoms with Crippen molar-refractivity contribution in [2.24, 2.45) is 0 Å². The van der Waals surface area contributed by atoms with Gasteiger partial charge in [-0.15, -0.1) is 23.1 Å². The van der Waals surface area contributed by atoms with E-state index in [1.807, 2.05) is 99.0 Å². The molecular formula is C45H49N3O6S2. The maximum absolute atomic E-state index is 12.8. The summed E-state index contributed by atoms with van der Waals surface area (Å²) in [4.78, 5) is 39.6. The van der Waals surface area contributed by atoms with Gasteiger partial charge >= 0.3 is 0 Å². The van der Waals surface area contributed by atoms with Gasteiger partial charge in [-0.25, -0.2) is 0 Å². The summed E-state index contributed by atoms with van der Waals surface area (Å²) < 4.78 is 17.4. The number of thiophene rings is 1. The van der Waals surface area contributed by atoms with E-state index in [1.54, 1.807) is 43.0 Å². The van der Waals surface area contributed by atoms with Crippen LogP contribution in [0.25, 0.3) is 0 Å². The van der Waals surface area contributed by atoms with Crippen LogP contribution in [0.2, 0.25) is 0 Å². The first-order valence-electron chi connectivity index (χ1n) is 18.6. The van der Waals surface area contributed by atoms with E-state index in [0.717, 1.165) is 27.6 Å². The van der Waals surface area contributed by atoms with Gasteiger partial charge in [-0.3, -0.25) is 19.3 Å². The topological polar surface area (TPSA) is 106 Å². The normalized spacial score (nSPS) is 17.2. The van der Waals surface area contributed by atoms with E-state index in [0.29, 0.717) is 36.7 Å². The molecule has 2 aliphatic heterocycles. The summed E-state index contributed by atoms with van der Waals surface area (Å²) in [6.45, 7) is 6.28. The van der Waals surface area contributed by atoms with Crippen LogP contribution >= 0.6 is 23.1 Å². The van der Waals surface area contributed by atoms with Crippen molar-refractivity contribution in [3.8, 4) is 11.5 Å². The molecule has 0 bridgehead atoms. The number of allylic oxidation sites excluding steroid dienone is 5. The van der Waals surface area contributed by atoms with Crippen molar-refractivity contribution in [3.05, 3.63) is 160 Å². The second-order valence-electron chi connectivity index (χ2n) is 12.6. The number of benzene rings is 3. The average molecular weight is 792 g/mol. The Morgan fingerprint density at radius 1 is 0.982 bits per heavy atom. The Morgan fingerprint density at radius 3 is 2.32 bits per heavy atom. The number of β-lactam (4-membered cyclic amide) rings is 1. The maximum atomic E-state index is 12.8. The van der Waals surface area contributed by atoms with Crippen LogP contribution in [0.4, 0.5) is 5.69 Å². The highest BCUT2D eigenvalue weighted by molar-refractivity contribution is 8.00. The molecule has 2 unspecified atom stereocenters. The molecule has 0 spiro atoms. The Hall–Kier alpha value is -5.36. The number of rotatable bonds is 13.